The maximum atomic E-state index is 1.63. The third-order valence-corrected chi connectivity index (χ3v) is 8.96. The van der Waals surface area contributed by atoms with Crippen molar-refractivity contribution in [1.82, 2.24) is 0 Å². The van der Waals surface area contributed by atoms with Crippen LogP contribution in [0.15, 0.2) is 0 Å². The molecule has 0 N–H and O–H groups in total. The molecule has 144 valence electrons. The van der Waals surface area contributed by atoms with Crippen LogP contribution in [0.1, 0.15) is 122 Å². The molecule has 0 saturated heterocycles. The highest BCUT2D eigenvalue weighted by atomic mass is 14.4. The normalized spacial score (nSPS) is 35.6. The van der Waals surface area contributed by atoms with Crippen molar-refractivity contribution in [1.29, 1.82) is 0 Å². The topological polar surface area (TPSA) is 0 Å². The molecule has 0 aliphatic heterocycles. The first-order chi connectivity index (χ1) is 12.4. The van der Waals surface area contributed by atoms with Crippen LogP contribution >= 0.6 is 0 Å². The van der Waals surface area contributed by atoms with Crippen molar-refractivity contribution in [3.8, 4) is 0 Å². The van der Waals surface area contributed by atoms with Crippen LogP contribution in [0.2, 0.25) is 0 Å². The van der Waals surface area contributed by atoms with Gasteiger partial charge in [-0.2, -0.15) is 0 Å². The molecule has 4 rings (SSSR count). The number of rotatable bonds is 5. The van der Waals surface area contributed by atoms with E-state index in [0.29, 0.717) is 0 Å². The maximum absolute atomic E-state index is 1.63. The second-order valence-electron chi connectivity index (χ2n) is 10.5. The predicted octanol–water partition coefficient (Wildman–Crippen LogP) is 8.15. The van der Waals surface area contributed by atoms with Gasteiger partial charge in [0.05, 0.1) is 0 Å². The van der Waals surface area contributed by atoms with Gasteiger partial charge in [0.25, 0.3) is 0 Å². The molecule has 0 aromatic rings. The van der Waals surface area contributed by atoms with Gasteiger partial charge in [-0.25, -0.2) is 0 Å². The third-order valence-electron chi connectivity index (χ3n) is 8.96. The quantitative estimate of drug-likeness (QED) is 0.472. The second kappa shape index (κ2) is 9.27. The van der Waals surface area contributed by atoms with Crippen molar-refractivity contribution >= 4 is 0 Å². The highest BCUT2D eigenvalue weighted by Crippen LogP contribution is 2.50. The minimum absolute atomic E-state index is 1.10. The summed E-state index contributed by atoms with van der Waals surface area (Å²) in [7, 11) is 0. The van der Waals surface area contributed by atoms with Gasteiger partial charge in [-0.1, -0.05) is 96.3 Å². The smallest absolute Gasteiger partial charge is 0.0355 e. The van der Waals surface area contributed by atoms with Crippen LogP contribution in [0.3, 0.4) is 0 Å². The summed E-state index contributed by atoms with van der Waals surface area (Å²) in [6.45, 7) is 0. The summed E-state index contributed by atoms with van der Waals surface area (Å²) in [5, 5.41) is 0. The molecular formula is C25H44. The van der Waals surface area contributed by atoms with Crippen molar-refractivity contribution in [3.63, 3.8) is 0 Å². The highest BCUT2D eigenvalue weighted by molar-refractivity contribution is 4.90. The Morgan fingerprint density at radius 2 is 1.00 bits per heavy atom. The van der Waals surface area contributed by atoms with Crippen molar-refractivity contribution < 1.29 is 0 Å². The van der Waals surface area contributed by atoms with E-state index in [1.807, 2.05) is 0 Å². The summed E-state index contributed by atoms with van der Waals surface area (Å²) < 4.78 is 0. The monoisotopic (exact) mass is 344 g/mol. The van der Waals surface area contributed by atoms with E-state index in [2.05, 4.69) is 0 Å². The standard InChI is InChI=1S/C25H44/c1-3-10-20(11-4-1)18-23(19-21-12-5-2-6-13-21)25-17-9-15-22-14-7-8-16-24(22)25/h20-25H,1-19H2. The fourth-order valence-electron chi connectivity index (χ4n) is 7.72. The molecule has 0 radical (unpaired) electrons. The predicted molar refractivity (Wildman–Crippen MR) is 109 cm³/mol. The molecule has 0 bridgehead atoms. The summed E-state index contributed by atoms with van der Waals surface area (Å²) in [5.74, 6) is 6.71. The van der Waals surface area contributed by atoms with Crippen LogP contribution in [-0.4, -0.2) is 0 Å². The molecule has 0 spiro atoms. The summed E-state index contributed by atoms with van der Waals surface area (Å²) in [6.07, 6.45) is 29.8. The molecule has 25 heavy (non-hydrogen) atoms. The molecule has 3 atom stereocenters. The van der Waals surface area contributed by atoms with Crippen LogP contribution in [0.4, 0.5) is 0 Å². The average molecular weight is 345 g/mol. The zero-order valence-electron chi connectivity index (χ0n) is 16.9. The first-order valence-corrected chi connectivity index (χ1v) is 12.4. The Hall–Kier alpha value is 0. The minimum Gasteiger partial charge on any atom is -0.0533 e. The van der Waals surface area contributed by atoms with Gasteiger partial charge in [0, 0.05) is 0 Å². The minimum atomic E-state index is 1.10. The van der Waals surface area contributed by atoms with Gasteiger partial charge in [-0.05, 0) is 61.2 Å². The van der Waals surface area contributed by atoms with Crippen LogP contribution in [0, 0.1) is 35.5 Å². The zero-order chi connectivity index (χ0) is 16.9. The lowest BCUT2D eigenvalue weighted by Gasteiger charge is -2.46. The van der Waals surface area contributed by atoms with Crippen LogP contribution < -0.4 is 0 Å². The zero-order valence-corrected chi connectivity index (χ0v) is 16.9. The van der Waals surface area contributed by atoms with E-state index >= 15 is 0 Å². The van der Waals surface area contributed by atoms with Gasteiger partial charge in [0.2, 0.25) is 0 Å². The Kier molecular flexibility index (Phi) is 6.81. The molecule has 4 saturated carbocycles. The Bertz CT molecular complexity index is 351. The van der Waals surface area contributed by atoms with Crippen LogP contribution in [-0.2, 0) is 0 Å². The molecule has 3 unspecified atom stereocenters. The molecule has 0 aromatic carbocycles. The first kappa shape index (κ1) is 18.4. The van der Waals surface area contributed by atoms with Crippen molar-refractivity contribution in [3.05, 3.63) is 0 Å². The SMILES string of the molecule is C1CCC(CC(CC2CCCCC2)C2CCCC3CCCCC32)CC1. The highest BCUT2D eigenvalue weighted by Gasteiger charge is 2.40. The van der Waals surface area contributed by atoms with E-state index in [1.165, 1.54) is 38.5 Å². The molecule has 0 amide bonds. The van der Waals surface area contributed by atoms with Crippen molar-refractivity contribution in [2.75, 3.05) is 0 Å². The maximum Gasteiger partial charge on any atom is -0.0355 e. The Morgan fingerprint density at radius 3 is 1.64 bits per heavy atom. The molecule has 0 heteroatoms. The second-order valence-corrected chi connectivity index (χ2v) is 10.5. The molecule has 0 heterocycles. The Balaban J connectivity index is 1.44. The number of fused-ring (bicyclic) bond motifs is 1. The fourth-order valence-corrected chi connectivity index (χ4v) is 7.72. The lowest BCUT2D eigenvalue weighted by Crippen LogP contribution is -2.37. The van der Waals surface area contributed by atoms with E-state index in [-0.39, 0.29) is 0 Å². The lowest BCUT2D eigenvalue weighted by atomic mass is 9.59. The number of hydrogen-bond acceptors (Lipinski definition) is 0. The van der Waals surface area contributed by atoms with Crippen molar-refractivity contribution in [2.24, 2.45) is 35.5 Å². The molecule has 4 fully saturated rings. The molecule has 0 aromatic heterocycles. The van der Waals surface area contributed by atoms with E-state index in [1.54, 1.807) is 83.5 Å². The van der Waals surface area contributed by atoms with Crippen LogP contribution in [0.5, 0.6) is 0 Å². The average Bonchev–Trinajstić information content (AvgIpc) is 2.69. The van der Waals surface area contributed by atoms with E-state index < -0.39 is 0 Å². The largest absolute Gasteiger partial charge is 0.0533 e. The van der Waals surface area contributed by atoms with Gasteiger partial charge in [-0.15, -0.1) is 0 Å². The molecular weight excluding hydrogens is 300 g/mol. The molecule has 0 nitrogen and oxygen atoms in total. The molecule has 4 aliphatic rings. The lowest BCUT2D eigenvalue weighted by molar-refractivity contribution is 0.0391. The Labute approximate surface area is 157 Å². The van der Waals surface area contributed by atoms with Gasteiger partial charge in [0.15, 0.2) is 0 Å². The number of hydrogen-bond donors (Lipinski definition) is 0. The van der Waals surface area contributed by atoms with Gasteiger partial charge >= 0.3 is 0 Å². The fraction of sp³-hybridized carbons (Fsp3) is 1.00. The summed E-state index contributed by atoms with van der Waals surface area (Å²) in [4.78, 5) is 0. The summed E-state index contributed by atoms with van der Waals surface area (Å²) in [5.41, 5.74) is 0. The Morgan fingerprint density at radius 1 is 0.480 bits per heavy atom. The van der Waals surface area contributed by atoms with E-state index in [4.69, 9.17) is 0 Å². The van der Waals surface area contributed by atoms with Gasteiger partial charge < -0.3 is 0 Å². The van der Waals surface area contributed by atoms with Crippen LogP contribution in [0.25, 0.3) is 0 Å². The van der Waals surface area contributed by atoms with Gasteiger partial charge in [0.1, 0.15) is 0 Å². The summed E-state index contributed by atoms with van der Waals surface area (Å²) >= 11 is 0. The van der Waals surface area contributed by atoms with E-state index in [9.17, 15) is 0 Å². The molecule has 4 aliphatic carbocycles. The summed E-state index contributed by atoms with van der Waals surface area (Å²) in [6, 6.07) is 0. The van der Waals surface area contributed by atoms with E-state index in [0.717, 1.165) is 35.5 Å². The third kappa shape index (κ3) is 4.84. The van der Waals surface area contributed by atoms with Crippen molar-refractivity contribution in [2.45, 2.75) is 122 Å². The first-order valence-electron chi connectivity index (χ1n) is 12.4. The van der Waals surface area contributed by atoms with Gasteiger partial charge in [-0.3, -0.25) is 0 Å².